The van der Waals surface area contributed by atoms with Crippen LogP contribution in [-0.4, -0.2) is 16.9 Å². The van der Waals surface area contributed by atoms with E-state index in [1.807, 2.05) is 0 Å². The van der Waals surface area contributed by atoms with Crippen molar-refractivity contribution in [2.24, 2.45) is 0 Å². The van der Waals surface area contributed by atoms with E-state index in [0.717, 1.165) is 0 Å². The van der Waals surface area contributed by atoms with Crippen molar-refractivity contribution in [1.29, 1.82) is 0 Å². The lowest BCUT2D eigenvalue weighted by molar-refractivity contribution is -0.685. The standard InChI is InChI=1S/C9H9NO3/c1-7(11)8-3-2-4-10(5-8)6-9(12)13/h2-5H,6H2,1H3/p+1. The van der Waals surface area contributed by atoms with Gasteiger partial charge in [0, 0.05) is 6.07 Å². The van der Waals surface area contributed by atoms with E-state index in [1.54, 1.807) is 18.3 Å². The van der Waals surface area contributed by atoms with Crippen molar-refractivity contribution in [1.82, 2.24) is 0 Å². The van der Waals surface area contributed by atoms with E-state index in [1.165, 1.54) is 17.7 Å². The molecule has 0 spiro atoms. The van der Waals surface area contributed by atoms with Crippen LogP contribution < -0.4 is 4.57 Å². The van der Waals surface area contributed by atoms with E-state index in [0.29, 0.717) is 5.56 Å². The molecule has 0 aliphatic heterocycles. The highest BCUT2D eigenvalue weighted by Gasteiger charge is 2.09. The third-order valence-electron chi connectivity index (χ3n) is 1.58. The number of ketones is 1. The van der Waals surface area contributed by atoms with E-state index in [4.69, 9.17) is 5.11 Å². The smallest absolute Gasteiger partial charge is 0.370 e. The van der Waals surface area contributed by atoms with Gasteiger partial charge >= 0.3 is 5.97 Å². The van der Waals surface area contributed by atoms with Crippen LogP contribution in [0.4, 0.5) is 0 Å². The lowest BCUT2D eigenvalue weighted by atomic mass is 10.2. The lowest BCUT2D eigenvalue weighted by Crippen LogP contribution is -2.37. The summed E-state index contributed by atoms with van der Waals surface area (Å²) in [6.45, 7) is 1.32. The molecular formula is C9H10NO3+. The van der Waals surface area contributed by atoms with Gasteiger partial charge in [0.15, 0.2) is 18.2 Å². The number of carboxylic acids is 1. The minimum atomic E-state index is -0.925. The first kappa shape index (κ1) is 9.38. The third kappa shape index (κ3) is 2.66. The van der Waals surface area contributed by atoms with Crippen LogP contribution in [0, 0.1) is 0 Å². The fourth-order valence-electron chi connectivity index (χ4n) is 0.985. The first-order valence-corrected chi connectivity index (χ1v) is 3.81. The molecule has 0 unspecified atom stereocenters. The van der Waals surface area contributed by atoms with Crippen molar-refractivity contribution in [3.63, 3.8) is 0 Å². The Hall–Kier alpha value is -1.71. The Bertz CT molecular complexity index is 346. The molecule has 0 aliphatic carbocycles. The van der Waals surface area contributed by atoms with Crippen molar-refractivity contribution < 1.29 is 19.3 Å². The van der Waals surface area contributed by atoms with Gasteiger partial charge in [-0.05, 0) is 13.0 Å². The average Bonchev–Trinajstić information content (AvgIpc) is 2.03. The number of aliphatic carboxylic acids is 1. The number of carbonyl (C=O) groups is 2. The normalized spacial score (nSPS) is 9.62. The summed E-state index contributed by atoms with van der Waals surface area (Å²) in [5.41, 5.74) is 0.517. The van der Waals surface area contributed by atoms with Crippen LogP contribution >= 0.6 is 0 Å². The monoisotopic (exact) mass is 180 g/mol. The maximum Gasteiger partial charge on any atom is 0.370 e. The van der Waals surface area contributed by atoms with Gasteiger partial charge in [0.05, 0.1) is 5.56 Å². The zero-order valence-corrected chi connectivity index (χ0v) is 7.23. The van der Waals surface area contributed by atoms with Crippen LogP contribution in [0.3, 0.4) is 0 Å². The molecule has 1 heterocycles. The summed E-state index contributed by atoms with van der Waals surface area (Å²) in [4.78, 5) is 21.3. The molecule has 1 aromatic rings. The topological polar surface area (TPSA) is 58.2 Å². The van der Waals surface area contributed by atoms with Crippen molar-refractivity contribution in [3.8, 4) is 0 Å². The van der Waals surface area contributed by atoms with Gasteiger partial charge in [0.25, 0.3) is 0 Å². The Kier molecular flexibility index (Phi) is 2.74. The number of carbonyl (C=O) groups excluding carboxylic acids is 1. The van der Waals surface area contributed by atoms with Gasteiger partial charge in [0.2, 0.25) is 6.54 Å². The molecule has 4 nitrogen and oxygen atoms in total. The first-order chi connectivity index (χ1) is 6.09. The van der Waals surface area contributed by atoms with Gasteiger partial charge in [-0.2, -0.15) is 4.57 Å². The van der Waals surface area contributed by atoms with Gasteiger partial charge in [-0.3, -0.25) is 4.79 Å². The Balaban J connectivity index is 2.91. The number of pyridine rings is 1. The molecule has 0 saturated heterocycles. The number of nitrogens with zero attached hydrogens (tertiary/aromatic N) is 1. The van der Waals surface area contributed by atoms with E-state index >= 15 is 0 Å². The number of aromatic nitrogens is 1. The van der Waals surface area contributed by atoms with Gasteiger partial charge in [-0.25, -0.2) is 4.79 Å². The summed E-state index contributed by atoms with van der Waals surface area (Å²) in [5.74, 6) is -0.995. The van der Waals surface area contributed by atoms with Crippen molar-refractivity contribution in [2.45, 2.75) is 13.5 Å². The third-order valence-corrected chi connectivity index (χ3v) is 1.58. The molecule has 0 amide bonds. The molecule has 1 N–H and O–H groups in total. The van der Waals surface area contributed by atoms with Crippen LogP contribution in [0.2, 0.25) is 0 Å². The van der Waals surface area contributed by atoms with Crippen molar-refractivity contribution in [2.75, 3.05) is 0 Å². The van der Waals surface area contributed by atoms with Gasteiger partial charge in [0.1, 0.15) is 0 Å². The number of Topliss-reactive ketones (excluding diaryl/α,β-unsaturated/α-hetero) is 1. The highest BCUT2D eigenvalue weighted by molar-refractivity contribution is 5.93. The number of carboxylic acid groups (broad SMARTS) is 1. The molecule has 0 aromatic carbocycles. The van der Waals surface area contributed by atoms with Crippen LogP contribution in [0.5, 0.6) is 0 Å². The maximum atomic E-state index is 10.9. The van der Waals surface area contributed by atoms with Crippen LogP contribution in [-0.2, 0) is 11.3 Å². The lowest BCUT2D eigenvalue weighted by Gasteiger charge is -1.94. The summed E-state index contributed by atoms with van der Waals surface area (Å²) < 4.78 is 1.46. The Morgan fingerprint density at radius 2 is 2.23 bits per heavy atom. The predicted molar refractivity (Wildman–Crippen MR) is 44.3 cm³/mol. The molecule has 1 rings (SSSR count). The molecule has 0 bridgehead atoms. The second-order valence-electron chi connectivity index (χ2n) is 2.71. The summed E-state index contributed by atoms with van der Waals surface area (Å²) in [6.07, 6.45) is 3.14. The summed E-state index contributed by atoms with van der Waals surface area (Å²) in [5, 5.41) is 8.49. The molecule has 0 atom stereocenters. The van der Waals surface area contributed by atoms with E-state index in [2.05, 4.69) is 0 Å². The molecule has 68 valence electrons. The summed E-state index contributed by atoms with van der Waals surface area (Å²) >= 11 is 0. The molecule has 1 aromatic heterocycles. The number of hydrogen-bond donors (Lipinski definition) is 1. The molecule has 0 aliphatic rings. The Morgan fingerprint density at radius 1 is 1.54 bits per heavy atom. The Morgan fingerprint density at radius 3 is 2.77 bits per heavy atom. The van der Waals surface area contributed by atoms with Gasteiger partial charge in [-0.15, -0.1) is 0 Å². The molecule has 0 radical (unpaired) electrons. The number of rotatable bonds is 3. The fourth-order valence-corrected chi connectivity index (χ4v) is 0.985. The minimum Gasteiger partial charge on any atom is -0.477 e. The average molecular weight is 180 g/mol. The van der Waals surface area contributed by atoms with Crippen molar-refractivity contribution >= 4 is 11.8 Å². The molecule has 4 heteroatoms. The molecule has 0 saturated carbocycles. The van der Waals surface area contributed by atoms with E-state index in [-0.39, 0.29) is 12.3 Å². The van der Waals surface area contributed by atoms with Gasteiger partial charge < -0.3 is 5.11 Å². The zero-order valence-electron chi connectivity index (χ0n) is 7.23. The summed E-state index contributed by atoms with van der Waals surface area (Å²) in [6, 6.07) is 3.31. The summed E-state index contributed by atoms with van der Waals surface area (Å²) in [7, 11) is 0. The molecular weight excluding hydrogens is 170 g/mol. The van der Waals surface area contributed by atoms with E-state index in [9.17, 15) is 9.59 Å². The van der Waals surface area contributed by atoms with Gasteiger partial charge in [-0.1, -0.05) is 0 Å². The maximum absolute atomic E-state index is 10.9. The zero-order chi connectivity index (χ0) is 9.84. The first-order valence-electron chi connectivity index (χ1n) is 3.81. The van der Waals surface area contributed by atoms with Crippen LogP contribution in [0.15, 0.2) is 24.5 Å². The quantitative estimate of drug-likeness (QED) is 0.536. The van der Waals surface area contributed by atoms with Crippen LogP contribution in [0.25, 0.3) is 0 Å². The Labute approximate surface area is 75.4 Å². The highest BCUT2D eigenvalue weighted by atomic mass is 16.4. The van der Waals surface area contributed by atoms with E-state index < -0.39 is 5.97 Å². The largest absolute Gasteiger partial charge is 0.477 e. The SMILES string of the molecule is CC(=O)c1ccc[n+](CC(=O)O)c1. The predicted octanol–water partition coefficient (Wildman–Crippen LogP) is 0.261. The second kappa shape index (κ2) is 3.80. The molecule has 0 fully saturated rings. The van der Waals surface area contributed by atoms with Crippen LogP contribution in [0.1, 0.15) is 17.3 Å². The fraction of sp³-hybridized carbons (Fsp3) is 0.222. The number of hydrogen-bond acceptors (Lipinski definition) is 2. The van der Waals surface area contributed by atoms with Crippen molar-refractivity contribution in [3.05, 3.63) is 30.1 Å². The molecule has 13 heavy (non-hydrogen) atoms. The highest BCUT2D eigenvalue weighted by Crippen LogP contribution is 1.94. The second-order valence-corrected chi connectivity index (χ2v) is 2.71. The minimum absolute atomic E-state index is 0.0697.